The standard InChI is InChI=1S/C31H27F3N4O2/c1-38-30(40)27-23(17-31(38)12-13-31)36-28(26(27)19-5-3-2-4-6-19)20-11-14-35-25(15-20)37-29(39)22(16-24(33)34)18-7-9-21(32)10-8-18/h2-11,14-15,22,24,36H,12-13,16-17H2,1H3,(H,35,37,39). The van der Waals surface area contributed by atoms with Crippen molar-refractivity contribution in [2.45, 2.75) is 43.6 Å². The molecule has 9 heteroatoms. The number of fused-ring (bicyclic) bond motifs is 1. The predicted molar refractivity (Wildman–Crippen MR) is 146 cm³/mol. The van der Waals surface area contributed by atoms with Crippen molar-refractivity contribution >= 4 is 17.6 Å². The molecule has 1 aliphatic carbocycles. The van der Waals surface area contributed by atoms with E-state index >= 15 is 0 Å². The van der Waals surface area contributed by atoms with Crippen LogP contribution in [0.3, 0.4) is 0 Å². The lowest BCUT2D eigenvalue weighted by Crippen LogP contribution is -2.44. The summed E-state index contributed by atoms with van der Waals surface area (Å²) < 4.78 is 40.1. The fraction of sp³-hybridized carbons (Fsp3) is 0.258. The first-order chi connectivity index (χ1) is 19.3. The number of H-pyrrole nitrogens is 1. The van der Waals surface area contributed by atoms with Crippen LogP contribution in [-0.2, 0) is 11.2 Å². The highest BCUT2D eigenvalue weighted by molar-refractivity contribution is 6.07. The molecular weight excluding hydrogens is 517 g/mol. The van der Waals surface area contributed by atoms with Gasteiger partial charge in [0.2, 0.25) is 12.3 Å². The second-order valence-electron chi connectivity index (χ2n) is 10.5. The molecule has 1 fully saturated rings. The molecule has 2 N–H and O–H groups in total. The Hall–Kier alpha value is -4.40. The highest BCUT2D eigenvalue weighted by Crippen LogP contribution is 2.50. The van der Waals surface area contributed by atoms with Gasteiger partial charge >= 0.3 is 0 Å². The summed E-state index contributed by atoms with van der Waals surface area (Å²) in [6.45, 7) is 0. The van der Waals surface area contributed by atoms with Crippen molar-refractivity contribution in [3.63, 3.8) is 0 Å². The Morgan fingerprint density at radius 1 is 1.05 bits per heavy atom. The maximum Gasteiger partial charge on any atom is 0.256 e. The van der Waals surface area contributed by atoms with E-state index in [1.54, 1.807) is 12.1 Å². The maximum atomic E-state index is 13.6. The molecule has 6 nitrogen and oxygen atoms in total. The molecule has 2 amide bonds. The first-order valence-electron chi connectivity index (χ1n) is 13.1. The fourth-order valence-electron chi connectivity index (χ4n) is 5.65. The SMILES string of the molecule is CN1C(=O)c2c([nH]c(-c3ccnc(NC(=O)C(CC(F)F)c4ccc(F)cc4)c3)c2-c2ccccc2)CC12CC2. The molecule has 1 unspecified atom stereocenters. The summed E-state index contributed by atoms with van der Waals surface area (Å²) in [4.78, 5) is 36.4. The molecule has 0 bridgehead atoms. The van der Waals surface area contributed by atoms with Crippen LogP contribution in [0.1, 0.15) is 46.8 Å². The Labute approximate surface area is 229 Å². The number of rotatable bonds is 7. The van der Waals surface area contributed by atoms with Crippen molar-refractivity contribution < 1.29 is 22.8 Å². The van der Waals surface area contributed by atoms with Crippen LogP contribution < -0.4 is 5.32 Å². The number of anilines is 1. The number of aromatic nitrogens is 2. The molecule has 4 aromatic rings. The van der Waals surface area contributed by atoms with Crippen LogP contribution in [0.15, 0.2) is 72.9 Å². The molecule has 40 heavy (non-hydrogen) atoms. The average molecular weight is 545 g/mol. The summed E-state index contributed by atoms with van der Waals surface area (Å²) in [5, 5.41) is 2.66. The molecule has 1 aliphatic heterocycles. The maximum absolute atomic E-state index is 13.6. The Morgan fingerprint density at radius 2 is 1.77 bits per heavy atom. The number of hydrogen-bond donors (Lipinski definition) is 2. The van der Waals surface area contributed by atoms with Gasteiger partial charge < -0.3 is 15.2 Å². The normalized spacial score (nSPS) is 16.2. The summed E-state index contributed by atoms with van der Waals surface area (Å²) in [7, 11) is 1.86. The summed E-state index contributed by atoms with van der Waals surface area (Å²) in [5.74, 6) is -2.23. The van der Waals surface area contributed by atoms with Crippen LogP contribution in [0.5, 0.6) is 0 Å². The van der Waals surface area contributed by atoms with E-state index < -0.39 is 30.5 Å². The molecular formula is C31H27F3N4O2. The second-order valence-corrected chi connectivity index (χ2v) is 10.5. The van der Waals surface area contributed by atoms with Crippen LogP contribution >= 0.6 is 0 Å². The van der Waals surface area contributed by atoms with E-state index in [0.717, 1.165) is 53.9 Å². The van der Waals surface area contributed by atoms with Crippen LogP contribution in [0, 0.1) is 5.82 Å². The van der Waals surface area contributed by atoms with Crippen LogP contribution in [-0.4, -0.2) is 45.7 Å². The van der Waals surface area contributed by atoms with Gasteiger partial charge in [-0.05, 0) is 48.2 Å². The number of alkyl halides is 2. The van der Waals surface area contributed by atoms with Gasteiger partial charge in [-0.15, -0.1) is 0 Å². The molecule has 1 saturated carbocycles. The van der Waals surface area contributed by atoms with E-state index in [0.29, 0.717) is 11.1 Å². The van der Waals surface area contributed by atoms with Crippen molar-refractivity contribution in [1.29, 1.82) is 0 Å². The lowest BCUT2D eigenvalue weighted by Gasteiger charge is -2.33. The van der Waals surface area contributed by atoms with Gasteiger partial charge in [0.15, 0.2) is 0 Å². The number of carbonyl (C=O) groups is 2. The Bertz CT molecular complexity index is 1580. The highest BCUT2D eigenvalue weighted by Gasteiger charge is 2.53. The third kappa shape index (κ3) is 4.65. The van der Waals surface area contributed by atoms with Gasteiger partial charge in [0, 0.05) is 48.4 Å². The van der Waals surface area contributed by atoms with Crippen LogP contribution in [0.4, 0.5) is 19.0 Å². The van der Waals surface area contributed by atoms with Gasteiger partial charge in [-0.3, -0.25) is 9.59 Å². The van der Waals surface area contributed by atoms with Crippen molar-refractivity contribution in [2.24, 2.45) is 0 Å². The van der Waals surface area contributed by atoms with Gasteiger partial charge in [-0.25, -0.2) is 18.2 Å². The lowest BCUT2D eigenvalue weighted by molar-refractivity contribution is -0.118. The average Bonchev–Trinajstić information content (AvgIpc) is 3.62. The van der Waals surface area contributed by atoms with E-state index in [9.17, 15) is 22.8 Å². The third-order valence-electron chi connectivity index (χ3n) is 8.01. The molecule has 2 aromatic heterocycles. The minimum atomic E-state index is -2.73. The van der Waals surface area contributed by atoms with Gasteiger partial charge in [0.25, 0.3) is 5.91 Å². The minimum Gasteiger partial charge on any atom is -0.357 e. The number of carbonyl (C=O) groups excluding carboxylic acids is 2. The highest BCUT2D eigenvalue weighted by atomic mass is 19.3. The Morgan fingerprint density at radius 3 is 2.45 bits per heavy atom. The van der Waals surface area contributed by atoms with Gasteiger partial charge in [-0.1, -0.05) is 42.5 Å². The fourth-order valence-corrected chi connectivity index (χ4v) is 5.65. The number of likely N-dealkylation sites (N-methyl/N-ethyl adjacent to an activating group) is 1. The number of pyridine rings is 1. The molecule has 3 heterocycles. The minimum absolute atomic E-state index is 0.0307. The zero-order valence-corrected chi connectivity index (χ0v) is 21.8. The van der Waals surface area contributed by atoms with Crippen molar-refractivity contribution in [2.75, 3.05) is 12.4 Å². The molecule has 204 valence electrons. The summed E-state index contributed by atoms with van der Waals surface area (Å²) in [6, 6.07) is 18.0. The van der Waals surface area contributed by atoms with Gasteiger partial charge in [0.05, 0.1) is 17.2 Å². The van der Waals surface area contributed by atoms with E-state index in [-0.39, 0.29) is 22.8 Å². The summed E-state index contributed by atoms with van der Waals surface area (Å²) >= 11 is 0. The first kappa shape index (κ1) is 25.9. The van der Waals surface area contributed by atoms with Crippen LogP contribution in [0.25, 0.3) is 22.4 Å². The number of nitrogens with one attached hydrogen (secondary N) is 2. The number of halogens is 3. The molecule has 0 radical (unpaired) electrons. The molecule has 6 rings (SSSR count). The lowest BCUT2D eigenvalue weighted by atomic mass is 9.91. The monoisotopic (exact) mass is 544 g/mol. The molecule has 2 aliphatic rings. The van der Waals surface area contributed by atoms with E-state index in [2.05, 4.69) is 15.3 Å². The molecule has 1 spiro atoms. The summed E-state index contributed by atoms with van der Waals surface area (Å²) in [6.07, 6.45) is 0.730. The molecule has 0 saturated heterocycles. The Kier molecular flexibility index (Phi) is 6.44. The van der Waals surface area contributed by atoms with Crippen LogP contribution in [0.2, 0.25) is 0 Å². The zero-order valence-electron chi connectivity index (χ0n) is 21.8. The largest absolute Gasteiger partial charge is 0.357 e. The number of amides is 2. The summed E-state index contributed by atoms with van der Waals surface area (Å²) in [5.41, 5.74) is 4.71. The number of nitrogens with zero attached hydrogens (tertiary/aromatic N) is 2. The predicted octanol–water partition coefficient (Wildman–Crippen LogP) is 6.42. The quantitative estimate of drug-likeness (QED) is 0.282. The van der Waals surface area contributed by atoms with Crippen molar-refractivity contribution in [1.82, 2.24) is 14.9 Å². The van der Waals surface area contributed by atoms with E-state index in [4.69, 9.17) is 0 Å². The number of hydrogen-bond acceptors (Lipinski definition) is 3. The van der Waals surface area contributed by atoms with Gasteiger partial charge in [0.1, 0.15) is 11.6 Å². The number of aromatic amines is 1. The van der Waals surface area contributed by atoms with Crippen molar-refractivity contribution in [3.05, 3.63) is 95.6 Å². The first-order valence-corrected chi connectivity index (χ1v) is 13.1. The van der Waals surface area contributed by atoms with E-state index in [1.165, 1.54) is 18.3 Å². The van der Waals surface area contributed by atoms with E-state index in [1.807, 2.05) is 42.3 Å². The third-order valence-corrected chi connectivity index (χ3v) is 8.01. The van der Waals surface area contributed by atoms with Gasteiger partial charge in [-0.2, -0.15) is 0 Å². The Balaban J connectivity index is 1.37. The molecule has 1 atom stereocenters. The topological polar surface area (TPSA) is 78.1 Å². The molecule has 2 aromatic carbocycles. The smallest absolute Gasteiger partial charge is 0.256 e. The van der Waals surface area contributed by atoms with Crippen molar-refractivity contribution in [3.8, 4) is 22.4 Å². The number of benzene rings is 2. The second kappa shape index (κ2) is 9.97. The zero-order chi connectivity index (χ0) is 28.0.